The molecule has 10 heteroatoms. The molecule has 0 spiro atoms. The third-order valence-electron chi connectivity index (χ3n) is 5.70. The van der Waals surface area contributed by atoms with Gasteiger partial charge in [-0.15, -0.1) is 0 Å². The number of aromatic amines is 1. The quantitative estimate of drug-likeness (QED) is 0.362. The number of nitrogens with one attached hydrogen (secondary N) is 2. The van der Waals surface area contributed by atoms with Gasteiger partial charge in [-0.2, -0.15) is 10.4 Å². The summed E-state index contributed by atoms with van der Waals surface area (Å²) < 4.78 is 11.5. The number of ether oxygens (including phenoxy) is 2. The molecule has 1 aromatic carbocycles. The van der Waals surface area contributed by atoms with Crippen LogP contribution in [0.1, 0.15) is 30.6 Å². The summed E-state index contributed by atoms with van der Waals surface area (Å²) in [6, 6.07) is 9.79. The second-order valence-electron chi connectivity index (χ2n) is 7.99. The van der Waals surface area contributed by atoms with Gasteiger partial charge in [-0.25, -0.2) is 4.98 Å². The highest BCUT2D eigenvalue weighted by Crippen LogP contribution is 2.35. The first-order valence-corrected chi connectivity index (χ1v) is 11.5. The highest BCUT2D eigenvalue weighted by Gasteiger charge is 2.20. The van der Waals surface area contributed by atoms with Crippen LogP contribution in [0.15, 0.2) is 42.9 Å². The van der Waals surface area contributed by atoms with Crippen molar-refractivity contribution in [1.82, 2.24) is 20.2 Å². The Balaban J connectivity index is 1.45. The van der Waals surface area contributed by atoms with E-state index >= 15 is 0 Å². The Morgan fingerprint density at radius 3 is 2.79 bits per heavy atom. The highest BCUT2D eigenvalue weighted by atomic mass is 35.5. The molecule has 2 atom stereocenters. The van der Waals surface area contributed by atoms with Crippen molar-refractivity contribution in [2.24, 2.45) is 0 Å². The lowest BCUT2D eigenvalue weighted by molar-refractivity contribution is 0.195. The molecule has 1 saturated heterocycles. The summed E-state index contributed by atoms with van der Waals surface area (Å²) in [5.41, 5.74) is 3.35. The van der Waals surface area contributed by atoms with Crippen LogP contribution in [-0.4, -0.2) is 39.4 Å². The number of fused-ring (bicyclic) bond motifs is 1. The van der Waals surface area contributed by atoms with Gasteiger partial charge in [0, 0.05) is 41.7 Å². The first-order chi connectivity index (χ1) is 16.5. The fraction of sp³-hybridized carbons (Fsp3) is 0.250. The van der Waals surface area contributed by atoms with E-state index in [4.69, 9.17) is 32.7 Å². The van der Waals surface area contributed by atoms with E-state index in [2.05, 4.69) is 31.6 Å². The summed E-state index contributed by atoms with van der Waals surface area (Å²) in [6.45, 7) is 3.19. The molecule has 1 aliphatic rings. The average molecular weight is 495 g/mol. The fourth-order valence-corrected chi connectivity index (χ4v) is 4.67. The standard InChI is InChI=1S/C24H20Cl2N6O2/c1-13(22-19(25)10-28-11-20(22)26)34-17-2-3-21-18(7-17)23(32-31-21)15-6-14(8-27)24(29-9-15)30-16-4-5-33-12-16/h2-3,6-7,9-11,13,16H,4-5,12H2,1H3,(H,29,30)(H,31,32)/t13-,16+/m1/s1. The molecule has 0 aliphatic carbocycles. The Labute approximate surface area is 205 Å². The van der Waals surface area contributed by atoms with Crippen molar-refractivity contribution in [2.75, 3.05) is 18.5 Å². The Bertz CT molecular complexity index is 1370. The number of halogens is 2. The molecule has 3 aromatic heterocycles. The zero-order valence-corrected chi connectivity index (χ0v) is 19.7. The fourth-order valence-electron chi connectivity index (χ4n) is 4.00. The average Bonchev–Trinajstić information content (AvgIpc) is 3.49. The summed E-state index contributed by atoms with van der Waals surface area (Å²) in [6.07, 6.45) is 5.28. The van der Waals surface area contributed by atoms with Gasteiger partial charge < -0.3 is 14.8 Å². The summed E-state index contributed by atoms with van der Waals surface area (Å²) in [5.74, 6) is 1.17. The third kappa shape index (κ3) is 4.38. The Morgan fingerprint density at radius 1 is 1.24 bits per heavy atom. The maximum Gasteiger partial charge on any atom is 0.144 e. The van der Waals surface area contributed by atoms with E-state index in [0.717, 1.165) is 22.9 Å². The number of benzene rings is 1. The van der Waals surface area contributed by atoms with E-state index in [-0.39, 0.29) is 6.04 Å². The van der Waals surface area contributed by atoms with Crippen molar-refractivity contribution in [3.63, 3.8) is 0 Å². The normalized spacial score (nSPS) is 16.4. The summed E-state index contributed by atoms with van der Waals surface area (Å²) in [5, 5.41) is 22.2. The lowest BCUT2D eigenvalue weighted by Crippen LogP contribution is -2.20. The topological polar surface area (TPSA) is 109 Å². The van der Waals surface area contributed by atoms with Crippen LogP contribution in [0.2, 0.25) is 10.0 Å². The Hall–Kier alpha value is -3.38. The molecule has 5 rings (SSSR count). The number of pyridine rings is 2. The van der Waals surface area contributed by atoms with Gasteiger partial charge in [-0.3, -0.25) is 10.1 Å². The molecule has 172 valence electrons. The van der Waals surface area contributed by atoms with Crippen molar-refractivity contribution in [1.29, 1.82) is 5.26 Å². The number of aromatic nitrogens is 4. The predicted octanol–water partition coefficient (Wildman–Crippen LogP) is 5.54. The van der Waals surface area contributed by atoms with Gasteiger partial charge in [0.25, 0.3) is 0 Å². The monoisotopic (exact) mass is 494 g/mol. The van der Waals surface area contributed by atoms with Crippen LogP contribution in [-0.2, 0) is 4.74 Å². The van der Waals surface area contributed by atoms with E-state index < -0.39 is 6.10 Å². The SMILES string of the molecule is C[C@@H](Oc1ccc2[nH]nc(-c3cnc(N[C@H]4CCOC4)c(C#N)c3)c2c1)c1c(Cl)cncc1Cl. The molecule has 4 heterocycles. The molecule has 0 amide bonds. The lowest BCUT2D eigenvalue weighted by atomic mass is 10.1. The van der Waals surface area contributed by atoms with Gasteiger partial charge in [-0.1, -0.05) is 23.2 Å². The zero-order chi connectivity index (χ0) is 23.7. The summed E-state index contributed by atoms with van der Waals surface area (Å²) in [7, 11) is 0. The molecule has 2 N–H and O–H groups in total. The number of H-pyrrole nitrogens is 1. The Kier molecular flexibility index (Phi) is 6.24. The van der Waals surface area contributed by atoms with Crippen molar-refractivity contribution in [3.05, 3.63) is 64.0 Å². The minimum Gasteiger partial charge on any atom is -0.486 e. The van der Waals surface area contributed by atoms with Crippen molar-refractivity contribution >= 4 is 39.9 Å². The van der Waals surface area contributed by atoms with Crippen molar-refractivity contribution in [3.8, 4) is 23.1 Å². The molecule has 0 unspecified atom stereocenters. The second kappa shape index (κ2) is 9.47. The maximum atomic E-state index is 9.69. The molecule has 1 aliphatic heterocycles. The van der Waals surface area contributed by atoms with Crippen LogP contribution >= 0.6 is 23.2 Å². The molecule has 4 aromatic rings. The number of nitrogens with zero attached hydrogens (tertiary/aromatic N) is 4. The van der Waals surface area contributed by atoms with E-state index in [1.165, 1.54) is 12.4 Å². The van der Waals surface area contributed by atoms with Crippen LogP contribution < -0.4 is 10.1 Å². The molecule has 34 heavy (non-hydrogen) atoms. The van der Waals surface area contributed by atoms with Crippen LogP contribution in [0.3, 0.4) is 0 Å². The van der Waals surface area contributed by atoms with Gasteiger partial charge in [0.15, 0.2) is 0 Å². The first-order valence-electron chi connectivity index (χ1n) is 10.7. The van der Waals surface area contributed by atoms with E-state index in [1.54, 1.807) is 12.3 Å². The summed E-state index contributed by atoms with van der Waals surface area (Å²) >= 11 is 12.6. The predicted molar refractivity (Wildman–Crippen MR) is 130 cm³/mol. The van der Waals surface area contributed by atoms with E-state index in [9.17, 15) is 5.26 Å². The van der Waals surface area contributed by atoms with Crippen LogP contribution in [0, 0.1) is 11.3 Å². The number of hydrogen-bond donors (Lipinski definition) is 2. The maximum absolute atomic E-state index is 9.69. The molecule has 0 bridgehead atoms. The molecule has 0 radical (unpaired) electrons. The second-order valence-corrected chi connectivity index (χ2v) is 8.81. The highest BCUT2D eigenvalue weighted by molar-refractivity contribution is 6.35. The van der Waals surface area contributed by atoms with Gasteiger partial charge >= 0.3 is 0 Å². The number of anilines is 1. The van der Waals surface area contributed by atoms with Gasteiger partial charge in [0.05, 0.1) is 33.8 Å². The largest absolute Gasteiger partial charge is 0.486 e. The molecule has 8 nitrogen and oxygen atoms in total. The molecule has 1 fully saturated rings. The minimum atomic E-state index is -0.396. The smallest absolute Gasteiger partial charge is 0.144 e. The minimum absolute atomic E-state index is 0.153. The number of nitriles is 1. The zero-order valence-electron chi connectivity index (χ0n) is 18.2. The van der Waals surface area contributed by atoms with Gasteiger partial charge in [0.2, 0.25) is 0 Å². The number of hydrogen-bond acceptors (Lipinski definition) is 7. The van der Waals surface area contributed by atoms with E-state index in [1.807, 2.05) is 25.1 Å². The third-order valence-corrected chi connectivity index (χ3v) is 6.30. The van der Waals surface area contributed by atoms with Gasteiger partial charge in [-0.05, 0) is 37.6 Å². The van der Waals surface area contributed by atoms with Crippen LogP contribution in [0.25, 0.3) is 22.2 Å². The van der Waals surface area contributed by atoms with E-state index in [0.29, 0.717) is 51.6 Å². The molecule has 0 saturated carbocycles. The van der Waals surface area contributed by atoms with Crippen LogP contribution in [0.5, 0.6) is 5.75 Å². The van der Waals surface area contributed by atoms with Crippen molar-refractivity contribution < 1.29 is 9.47 Å². The Morgan fingerprint density at radius 2 is 2.06 bits per heavy atom. The number of rotatable bonds is 6. The molecular formula is C24H20Cl2N6O2. The molecular weight excluding hydrogens is 475 g/mol. The first kappa shape index (κ1) is 22.4. The summed E-state index contributed by atoms with van der Waals surface area (Å²) in [4.78, 5) is 8.49. The lowest BCUT2D eigenvalue weighted by Gasteiger charge is -2.17. The van der Waals surface area contributed by atoms with Gasteiger partial charge in [0.1, 0.15) is 29.4 Å². The van der Waals surface area contributed by atoms with Crippen molar-refractivity contribution in [2.45, 2.75) is 25.5 Å². The van der Waals surface area contributed by atoms with Crippen LogP contribution in [0.4, 0.5) is 5.82 Å².